The van der Waals surface area contributed by atoms with E-state index in [1.807, 2.05) is 4.83 Å². The van der Waals surface area contributed by atoms with Crippen molar-refractivity contribution in [1.82, 2.24) is 4.83 Å². The fourth-order valence-electron chi connectivity index (χ4n) is 1.73. The first-order valence-corrected chi connectivity index (χ1v) is 8.47. The van der Waals surface area contributed by atoms with Gasteiger partial charge in [-0.25, -0.2) is 0 Å². The molecule has 0 aliphatic heterocycles. The number of benzene rings is 2. The molecule has 9 heteroatoms. The van der Waals surface area contributed by atoms with Gasteiger partial charge in [0.05, 0.1) is 10.7 Å². The smallest absolute Gasteiger partial charge is 0.278 e. The SMILES string of the molecule is C/C(=N\NS(=O)(=O)c1cc(Cl)ccc1Cl)c1cc(O)cc(O)c1. The van der Waals surface area contributed by atoms with Crippen LogP contribution in [0.3, 0.4) is 0 Å². The lowest BCUT2D eigenvalue weighted by Gasteiger charge is -2.08. The number of hydrogen-bond donors (Lipinski definition) is 3. The molecule has 0 fully saturated rings. The minimum atomic E-state index is -4.02. The van der Waals surface area contributed by atoms with Gasteiger partial charge in [-0.2, -0.15) is 18.4 Å². The van der Waals surface area contributed by atoms with Crippen LogP contribution in [-0.2, 0) is 10.0 Å². The molecular weight excluding hydrogens is 363 g/mol. The van der Waals surface area contributed by atoms with Crippen molar-refractivity contribution in [2.24, 2.45) is 5.10 Å². The van der Waals surface area contributed by atoms with E-state index in [9.17, 15) is 18.6 Å². The number of sulfonamides is 1. The number of aromatic hydroxyl groups is 2. The molecule has 23 heavy (non-hydrogen) atoms. The minimum absolute atomic E-state index is 0.00440. The molecule has 2 rings (SSSR count). The number of phenolic OH excluding ortho intramolecular Hbond substituents is 2. The maximum atomic E-state index is 12.2. The third kappa shape index (κ3) is 4.28. The van der Waals surface area contributed by atoms with Gasteiger partial charge >= 0.3 is 0 Å². The molecule has 2 aromatic carbocycles. The molecule has 0 heterocycles. The Hall–Kier alpha value is -1.96. The summed E-state index contributed by atoms with van der Waals surface area (Å²) in [6.45, 7) is 1.51. The number of nitrogens with one attached hydrogen (secondary N) is 1. The molecule has 0 radical (unpaired) electrons. The fraction of sp³-hybridized carbons (Fsp3) is 0.0714. The third-order valence-corrected chi connectivity index (χ3v) is 4.76. The van der Waals surface area contributed by atoms with Crippen molar-refractivity contribution in [2.75, 3.05) is 0 Å². The molecule has 0 amide bonds. The number of hydrazone groups is 1. The van der Waals surface area contributed by atoms with Crippen LogP contribution in [0.15, 0.2) is 46.4 Å². The summed E-state index contributed by atoms with van der Waals surface area (Å²) in [6, 6.07) is 7.84. The van der Waals surface area contributed by atoms with Crippen molar-refractivity contribution in [2.45, 2.75) is 11.8 Å². The van der Waals surface area contributed by atoms with Crippen molar-refractivity contribution in [1.29, 1.82) is 0 Å². The Kier molecular flexibility index (Phi) is 5.03. The minimum Gasteiger partial charge on any atom is -0.508 e. The first-order valence-electron chi connectivity index (χ1n) is 6.23. The van der Waals surface area contributed by atoms with E-state index < -0.39 is 10.0 Å². The van der Waals surface area contributed by atoms with Gasteiger partial charge in [0, 0.05) is 16.7 Å². The molecule has 0 aromatic heterocycles. The first kappa shape index (κ1) is 17.4. The summed E-state index contributed by atoms with van der Waals surface area (Å²) in [5.41, 5.74) is 0.584. The van der Waals surface area contributed by atoms with E-state index >= 15 is 0 Å². The second kappa shape index (κ2) is 6.66. The molecule has 0 saturated heterocycles. The van der Waals surface area contributed by atoms with Crippen LogP contribution in [-0.4, -0.2) is 24.3 Å². The summed E-state index contributed by atoms with van der Waals surface area (Å²) in [5.74, 6) is -0.342. The monoisotopic (exact) mass is 374 g/mol. The topological polar surface area (TPSA) is 99.0 Å². The van der Waals surface area contributed by atoms with E-state index in [0.29, 0.717) is 5.56 Å². The number of rotatable bonds is 4. The second-order valence-electron chi connectivity index (χ2n) is 4.60. The Morgan fingerprint density at radius 3 is 2.30 bits per heavy atom. The summed E-state index contributed by atoms with van der Waals surface area (Å²) in [4.78, 5) is 1.83. The summed E-state index contributed by atoms with van der Waals surface area (Å²) in [7, 11) is -4.02. The lowest BCUT2D eigenvalue weighted by atomic mass is 10.1. The summed E-state index contributed by atoms with van der Waals surface area (Å²) in [5, 5.41) is 22.8. The zero-order valence-corrected chi connectivity index (χ0v) is 14.1. The molecule has 3 N–H and O–H groups in total. The third-order valence-electron chi connectivity index (χ3n) is 2.84. The summed E-state index contributed by atoms with van der Waals surface area (Å²) >= 11 is 11.6. The molecule has 0 spiro atoms. The summed E-state index contributed by atoms with van der Waals surface area (Å²) < 4.78 is 24.4. The van der Waals surface area contributed by atoms with Crippen LogP contribution >= 0.6 is 23.2 Å². The van der Waals surface area contributed by atoms with Crippen LogP contribution in [0.1, 0.15) is 12.5 Å². The normalized spacial score (nSPS) is 12.2. The first-order chi connectivity index (χ1) is 10.7. The number of phenols is 2. The molecule has 0 unspecified atom stereocenters. The van der Waals surface area contributed by atoms with E-state index in [4.69, 9.17) is 23.2 Å². The van der Waals surface area contributed by atoms with Crippen LogP contribution in [0.25, 0.3) is 0 Å². The molecule has 0 aliphatic rings. The van der Waals surface area contributed by atoms with Gasteiger partial charge in [0.15, 0.2) is 0 Å². The number of nitrogens with zero attached hydrogens (tertiary/aromatic N) is 1. The molecular formula is C14H12Cl2N2O4S. The Labute approximate surface area is 143 Å². The average Bonchev–Trinajstić information content (AvgIpc) is 2.46. The molecule has 0 saturated carbocycles. The maximum Gasteiger partial charge on any atom is 0.278 e. The highest BCUT2D eigenvalue weighted by Crippen LogP contribution is 2.25. The highest BCUT2D eigenvalue weighted by molar-refractivity contribution is 7.89. The number of halogens is 2. The Morgan fingerprint density at radius 1 is 1.09 bits per heavy atom. The zero-order chi connectivity index (χ0) is 17.2. The van der Waals surface area contributed by atoms with Gasteiger partial charge in [0.1, 0.15) is 16.4 Å². The van der Waals surface area contributed by atoms with Gasteiger partial charge in [-0.3, -0.25) is 0 Å². The van der Waals surface area contributed by atoms with Crippen molar-refractivity contribution in [3.63, 3.8) is 0 Å². The second-order valence-corrected chi connectivity index (χ2v) is 7.08. The Morgan fingerprint density at radius 2 is 1.70 bits per heavy atom. The van der Waals surface area contributed by atoms with Gasteiger partial charge in [0.25, 0.3) is 10.0 Å². The van der Waals surface area contributed by atoms with Crippen LogP contribution in [0.2, 0.25) is 10.0 Å². The Bertz CT molecular complexity index is 862. The highest BCUT2D eigenvalue weighted by atomic mass is 35.5. The van der Waals surface area contributed by atoms with Gasteiger partial charge < -0.3 is 10.2 Å². The van der Waals surface area contributed by atoms with Gasteiger partial charge in [0.2, 0.25) is 0 Å². The molecule has 6 nitrogen and oxygen atoms in total. The predicted molar refractivity (Wildman–Crippen MR) is 88.8 cm³/mol. The molecule has 0 bridgehead atoms. The van der Waals surface area contributed by atoms with E-state index in [1.165, 1.54) is 37.3 Å². The van der Waals surface area contributed by atoms with Crippen LogP contribution in [0.4, 0.5) is 0 Å². The Balaban J connectivity index is 2.32. The summed E-state index contributed by atoms with van der Waals surface area (Å²) in [6.07, 6.45) is 0. The molecule has 0 aliphatic carbocycles. The standard InChI is InChI=1S/C14H12Cl2N2O4S/c1-8(9-4-11(19)7-12(20)5-9)17-18-23(21,22)14-6-10(15)2-3-13(14)16/h2-7,18-20H,1H3/b17-8+. The van der Waals surface area contributed by atoms with Gasteiger partial charge in [-0.1, -0.05) is 23.2 Å². The predicted octanol–water partition coefficient (Wildman–Crippen LogP) is 3.11. The lowest BCUT2D eigenvalue weighted by molar-refractivity contribution is 0.450. The maximum absolute atomic E-state index is 12.2. The van der Waals surface area contributed by atoms with E-state index in [2.05, 4.69) is 5.10 Å². The van der Waals surface area contributed by atoms with Crippen molar-refractivity contribution >= 4 is 38.9 Å². The van der Waals surface area contributed by atoms with Gasteiger partial charge in [-0.05, 0) is 37.3 Å². The molecule has 0 atom stereocenters. The van der Waals surface area contributed by atoms with Gasteiger partial charge in [-0.15, -0.1) is 0 Å². The van der Waals surface area contributed by atoms with Crippen molar-refractivity contribution in [3.05, 3.63) is 52.0 Å². The largest absolute Gasteiger partial charge is 0.508 e. The highest BCUT2D eigenvalue weighted by Gasteiger charge is 2.18. The van der Waals surface area contributed by atoms with Crippen LogP contribution < -0.4 is 4.83 Å². The molecule has 2 aromatic rings. The van der Waals surface area contributed by atoms with Crippen molar-refractivity contribution < 1.29 is 18.6 Å². The lowest BCUT2D eigenvalue weighted by Crippen LogP contribution is -2.20. The number of hydrogen-bond acceptors (Lipinski definition) is 5. The average molecular weight is 375 g/mol. The quantitative estimate of drug-likeness (QED) is 0.565. The van der Waals surface area contributed by atoms with Crippen LogP contribution in [0, 0.1) is 0 Å². The zero-order valence-electron chi connectivity index (χ0n) is 11.8. The van der Waals surface area contributed by atoms with Crippen molar-refractivity contribution in [3.8, 4) is 11.5 Å². The van der Waals surface area contributed by atoms with E-state index in [0.717, 1.165) is 6.07 Å². The van der Waals surface area contributed by atoms with E-state index in [-0.39, 0.29) is 32.2 Å². The fourth-order valence-corrected chi connectivity index (χ4v) is 3.35. The van der Waals surface area contributed by atoms with Crippen LogP contribution in [0.5, 0.6) is 11.5 Å². The van der Waals surface area contributed by atoms with E-state index in [1.54, 1.807) is 0 Å². The molecule has 122 valence electrons.